The third-order valence-corrected chi connectivity index (χ3v) is 8.86. The van der Waals surface area contributed by atoms with Crippen molar-refractivity contribution in [3.8, 4) is 0 Å². The summed E-state index contributed by atoms with van der Waals surface area (Å²) in [6.45, 7) is 35.2. The fraction of sp³-hybridized carbons (Fsp3) is 0.907. The van der Waals surface area contributed by atoms with Gasteiger partial charge in [-0.1, -0.05) is 0 Å². The summed E-state index contributed by atoms with van der Waals surface area (Å²) in [5.41, 5.74) is -2.17. The van der Waals surface area contributed by atoms with Crippen molar-refractivity contribution < 1.29 is 38.1 Å². The molecule has 0 aromatic carbocycles. The van der Waals surface area contributed by atoms with E-state index in [1.54, 1.807) is 0 Å². The van der Waals surface area contributed by atoms with Gasteiger partial charge in [-0.2, -0.15) is 0 Å². The van der Waals surface area contributed by atoms with Crippen molar-refractivity contribution in [2.24, 2.45) is 0 Å². The van der Waals surface area contributed by atoms with Gasteiger partial charge in [-0.3, -0.25) is 0 Å². The second kappa shape index (κ2) is 27.7. The first kappa shape index (κ1) is 53.9. The highest BCUT2D eigenvalue weighted by Crippen LogP contribution is 2.11. The standard InChI is InChI=1S/C43H86N8O8/c1-40(2,3)56-36(52)44-20-13-24-48-28-17-29-49(25-14-21-45-37(53)57-41(4,5)6)31-19-33-51(27-16-23-47-39(55)59-43(10,11)12)35-34-50(32-18-30-48)26-15-22-46-38(54)58-42(7,8)9/h13-35H2,1-12H3,(H,44,52)(H,45,53)(H,46,54)(H,47,55). The molecule has 1 heterocycles. The average molecular weight is 843 g/mol. The van der Waals surface area contributed by atoms with E-state index in [1.165, 1.54) is 0 Å². The maximum atomic E-state index is 12.3. The number of carbonyl (C=O) groups is 4. The fourth-order valence-electron chi connectivity index (χ4n) is 6.41. The summed E-state index contributed by atoms with van der Waals surface area (Å²) < 4.78 is 21.7. The van der Waals surface area contributed by atoms with E-state index in [0.717, 1.165) is 123 Å². The zero-order chi connectivity index (χ0) is 44.5. The third kappa shape index (κ3) is 33.3. The lowest BCUT2D eigenvalue weighted by Gasteiger charge is -2.29. The summed E-state index contributed by atoms with van der Waals surface area (Å²) in [6.07, 6.45) is 4.63. The number of nitrogens with one attached hydrogen (secondary N) is 4. The molecule has 0 atom stereocenters. The minimum Gasteiger partial charge on any atom is -0.444 e. The van der Waals surface area contributed by atoms with Crippen molar-refractivity contribution >= 4 is 24.4 Å². The van der Waals surface area contributed by atoms with Crippen LogP contribution in [0.2, 0.25) is 0 Å². The molecule has 0 aromatic rings. The van der Waals surface area contributed by atoms with Crippen LogP contribution in [0.25, 0.3) is 0 Å². The number of rotatable bonds is 16. The van der Waals surface area contributed by atoms with Gasteiger partial charge in [0.15, 0.2) is 0 Å². The molecule has 16 nitrogen and oxygen atoms in total. The molecule has 346 valence electrons. The summed E-state index contributed by atoms with van der Waals surface area (Å²) in [4.78, 5) is 59.1. The zero-order valence-electron chi connectivity index (χ0n) is 39.3. The van der Waals surface area contributed by atoms with E-state index in [9.17, 15) is 19.2 Å². The smallest absolute Gasteiger partial charge is 0.407 e. The van der Waals surface area contributed by atoms with Crippen LogP contribution in [0.15, 0.2) is 0 Å². The summed E-state index contributed by atoms with van der Waals surface area (Å²) >= 11 is 0. The molecular weight excluding hydrogens is 757 g/mol. The highest BCUT2D eigenvalue weighted by molar-refractivity contribution is 5.68. The number of hydrogen-bond acceptors (Lipinski definition) is 12. The van der Waals surface area contributed by atoms with E-state index >= 15 is 0 Å². The molecule has 4 N–H and O–H groups in total. The Morgan fingerprint density at radius 3 is 0.729 bits per heavy atom. The molecule has 1 saturated heterocycles. The second-order valence-electron chi connectivity index (χ2n) is 19.6. The van der Waals surface area contributed by atoms with Crippen LogP contribution in [-0.2, 0) is 18.9 Å². The van der Waals surface area contributed by atoms with E-state index in [-0.39, 0.29) is 0 Å². The summed E-state index contributed by atoms with van der Waals surface area (Å²) in [7, 11) is 0. The molecule has 16 heteroatoms. The number of ether oxygens (including phenoxy) is 4. The van der Waals surface area contributed by atoms with Crippen molar-refractivity contribution in [3.05, 3.63) is 0 Å². The number of amides is 4. The van der Waals surface area contributed by atoms with Crippen LogP contribution in [0.4, 0.5) is 19.2 Å². The molecule has 4 amide bonds. The number of nitrogens with zero attached hydrogens (tertiary/aromatic N) is 4. The van der Waals surface area contributed by atoms with Gasteiger partial charge in [0.25, 0.3) is 0 Å². The van der Waals surface area contributed by atoms with Gasteiger partial charge in [-0.25, -0.2) is 19.2 Å². The Kier molecular flexibility index (Phi) is 25.3. The minimum atomic E-state index is -0.545. The van der Waals surface area contributed by atoms with Gasteiger partial charge in [-0.15, -0.1) is 0 Å². The molecule has 1 fully saturated rings. The first-order valence-electron chi connectivity index (χ1n) is 22.2. The molecule has 0 aliphatic carbocycles. The first-order valence-corrected chi connectivity index (χ1v) is 22.2. The highest BCUT2D eigenvalue weighted by Gasteiger charge is 2.20. The van der Waals surface area contributed by atoms with E-state index in [2.05, 4.69) is 40.9 Å². The highest BCUT2D eigenvalue weighted by atomic mass is 16.6. The Bertz CT molecular complexity index is 1110. The monoisotopic (exact) mass is 843 g/mol. The predicted octanol–water partition coefficient (Wildman–Crippen LogP) is 6.04. The van der Waals surface area contributed by atoms with Crippen LogP contribution in [0, 0.1) is 0 Å². The minimum absolute atomic E-state index is 0.392. The molecule has 0 unspecified atom stereocenters. The molecule has 1 rings (SSSR count). The van der Waals surface area contributed by atoms with Crippen LogP contribution in [0.5, 0.6) is 0 Å². The lowest BCUT2D eigenvalue weighted by molar-refractivity contribution is 0.0512. The first-order chi connectivity index (χ1) is 27.4. The maximum absolute atomic E-state index is 12.3. The molecule has 0 saturated carbocycles. The number of hydrogen-bond donors (Lipinski definition) is 4. The van der Waals surface area contributed by atoms with Gasteiger partial charge in [0.1, 0.15) is 22.4 Å². The lowest BCUT2D eigenvalue weighted by Crippen LogP contribution is -2.40. The van der Waals surface area contributed by atoms with Crippen molar-refractivity contribution in [1.29, 1.82) is 0 Å². The largest absolute Gasteiger partial charge is 0.444 e. The van der Waals surface area contributed by atoms with Crippen molar-refractivity contribution in [1.82, 2.24) is 40.9 Å². The van der Waals surface area contributed by atoms with E-state index in [4.69, 9.17) is 18.9 Å². The van der Waals surface area contributed by atoms with Crippen LogP contribution < -0.4 is 21.3 Å². The SMILES string of the molecule is CC(C)(C)OC(=O)NCCCN1CCCN(CCCNC(=O)OC(C)(C)C)CCCN(CCCNC(=O)OC(C)(C)C)CCN(CCCNC(=O)OC(C)(C)C)CCC1. The molecule has 0 spiro atoms. The summed E-state index contributed by atoms with van der Waals surface area (Å²) in [5, 5.41) is 11.6. The molecule has 1 aliphatic rings. The molecule has 0 radical (unpaired) electrons. The molecule has 0 bridgehead atoms. The molecule has 1 aliphatic heterocycles. The Hall–Kier alpha value is -3.08. The van der Waals surface area contributed by atoms with Gasteiger partial charge in [0.2, 0.25) is 0 Å². The van der Waals surface area contributed by atoms with E-state index in [0.29, 0.717) is 26.2 Å². The topological polar surface area (TPSA) is 166 Å². The quantitative estimate of drug-likeness (QED) is 0.105. The summed E-state index contributed by atoms with van der Waals surface area (Å²) in [6, 6.07) is 0. The molecule has 0 aromatic heterocycles. The van der Waals surface area contributed by atoms with Crippen molar-refractivity contribution in [2.75, 3.05) is 105 Å². The van der Waals surface area contributed by atoms with Gasteiger partial charge in [0, 0.05) is 39.3 Å². The van der Waals surface area contributed by atoms with Crippen LogP contribution >= 0.6 is 0 Å². The summed E-state index contributed by atoms with van der Waals surface area (Å²) in [5.74, 6) is 0. The average Bonchev–Trinajstić information content (AvgIpc) is 3.06. The van der Waals surface area contributed by atoms with Crippen molar-refractivity contribution in [3.63, 3.8) is 0 Å². The van der Waals surface area contributed by atoms with Crippen molar-refractivity contribution in [2.45, 2.75) is 150 Å². The van der Waals surface area contributed by atoms with Gasteiger partial charge >= 0.3 is 24.4 Å². The van der Waals surface area contributed by atoms with E-state index in [1.807, 2.05) is 83.1 Å². The Morgan fingerprint density at radius 2 is 0.542 bits per heavy atom. The van der Waals surface area contributed by atoms with Crippen LogP contribution in [0.3, 0.4) is 0 Å². The molecular formula is C43H86N8O8. The van der Waals surface area contributed by atoms with Crippen LogP contribution in [0.1, 0.15) is 128 Å². The fourth-order valence-corrected chi connectivity index (χ4v) is 6.41. The Morgan fingerprint density at radius 1 is 0.356 bits per heavy atom. The Labute approximate surface area is 357 Å². The number of carbonyl (C=O) groups excluding carboxylic acids is 4. The van der Waals surface area contributed by atoms with Crippen LogP contribution in [-0.4, -0.2) is 171 Å². The molecule has 59 heavy (non-hydrogen) atoms. The predicted molar refractivity (Wildman–Crippen MR) is 235 cm³/mol. The number of alkyl carbamates (subject to hydrolysis) is 4. The van der Waals surface area contributed by atoms with Gasteiger partial charge in [0.05, 0.1) is 0 Å². The van der Waals surface area contributed by atoms with Gasteiger partial charge < -0.3 is 59.8 Å². The second-order valence-corrected chi connectivity index (χ2v) is 19.6. The van der Waals surface area contributed by atoms with E-state index < -0.39 is 46.8 Å². The lowest BCUT2D eigenvalue weighted by atomic mass is 10.2. The van der Waals surface area contributed by atoms with Gasteiger partial charge in [-0.05, 0) is 193 Å². The normalized spacial score (nSPS) is 16.9. The third-order valence-electron chi connectivity index (χ3n) is 8.86. The Balaban J connectivity index is 3.05. The maximum Gasteiger partial charge on any atom is 0.407 e. The zero-order valence-corrected chi connectivity index (χ0v) is 39.3.